The van der Waals surface area contributed by atoms with Crippen molar-refractivity contribution in [2.75, 3.05) is 6.54 Å². The van der Waals surface area contributed by atoms with Gasteiger partial charge in [0.25, 0.3) is 0 Å². The average molecular weight is 271 g/mol. The lowest BCUT2D eigenvalue weighted by Crippen LogP contribution is -2.48. The van der Waals surface area contributed by atoms with Crippen LogP contribution in [0.4, 0.5) is 0 Å². The summed E-state index contributed by atoms with van der Waals surface area (Å²) >= 11 is 0. The zero-order chi connectivity index (χ0) is 13.2. The van der Waals surface area contributed by atoms with Crippen LogP contribution in [0, 0.1) is 17.8 Å². The molecular weight excluding hydrogens is 246 g/mol. The third-order valence-electron chi connectivity index (χ3n) is 6.47. The van der Waals surface area contributed by atoms with Crippen molar-refractivity contribution >= 4 is 0 Å². The quantitative estimate of drug-likeness (QED) is 0.851. The number of hydrogen-bond acceptors (Lipinski definition) is 2. The highest BCUT2D eigenvalue weighted by Crippen LogP contribution is 2.60. The van der Waals surface area contributed by atoms with Crippen molar-refractivity contribution in [2.24, 2.45) is 17.8 Å². The number of nitrogens with one attached hydrogen (secondary N) is 1. The molecule has 6 rings (SSSR count). The molecule has 4 saturated carbocycles. The molecule has 108 valence electrons. The maximum atomic E-state index is 5.08. The van der Waals surface area contributed by atoms with Crippen LogP contribution in [0.25, 0.3) is 0 Å². The summed E-state index contributed by atoms with van der Waals surface area (Å²) in [6.07, 6.45) is 10.1. The Morgan fingerprint density at radius 1 is 1.10 bits per heavy atom. The van der Waals surface area contributed by atoms with Gasteiger partial charge in [-0.2, -0.15) is 5.10 Å². The van der Waals surface area contributed by atoms with Gasteiger partial charge >= 0.3 is 0 Å². The van der Waals surface area contributed by atoms with Crippen LogP contribution >= 0.6 is 0 Å². The Morgan fingerprint density at radius 2 is 1.80 bits per heavy atom. The second-order valence-corrected chi connectivity index (χ2v) is 7.97. The largest absolute Gasteiger partial charge is 0.311 e. The molecule has 1 aromatic rings. The number of aryl methyl sites for hydroxylation is 1. The van der Waals surface area contributed by atoms with E-state index in [9.17, 15) is 0 Å². The molecule has 0 aromatic carbocycles. The van der Waals surface area contributed by atoms with Gasteiger partial charge in [-0.3, -0.25) is 4.68 Å². The molecule has 5 aliphatic rings. The van der Waals surface area contributed by atoms with E-state index >= 15 is 0 Å². The standard InChI is InChI=1S/C17H25N3/c1-2-18-11-15-7-16(19-20(15)3-1)17-8-12-4-13(9-17)6-14(5-12)10-17/h7,12-14,18H,1-6,8-11H2. The van der Waals surface area contributed by atoms with E-state index in [4.69, 9.17) is 5.10 Å². The van der Waals surface area contributed by atoms with Gasteiger partial charge in [0.1, 0.15) is 0 Å². The minimum absolute atomic E-state index is 0.466. The molecular formula is C17H25N3. The van der Waals surface area contributed by atoms with Crippen LogP contribution in [0.2, 0.25) is 0 Å². The molecule has 4 bridgehead atoms. The maximum absolute atomic E-state index is 5.08. The van der Waals surface area contributed by atoms with E-state index in [0.717, 1.165) is 37.4 Å². The first-order chi connectivity index (χ1) is 9.81. The van der Waals surface area contributed by atoms with Gasteiger partial charge in [0.15, 0.2) is 0 Å². The Hall–Kier alpha value is -0.830. The molecule has 1 N–H and O–H groups in total. The SMILES string of the molecule is c1c(C23CC4CC(CC(C4)C2)C3)nn2c1CNCCC2. The van der Waals surface area contributed by atoms with Gasteiger partial charge in [-0.25, -0.2) is 0 Å². The first kappa shape index (κ1) is 11.8. The zero-order valence-corrected chi connectivity index (χ0v) is 12.3. The Morgan fingerprint density at radius 3 is 2.50 bits per heavy atom. The molecule has 1 aromatic heterocycles. The molecule has 2 heterocycles. The lowest BCUT2D eigenvalue weighted by atomic mass is 9.49. The minimum atomic E-state index is 0.466. The van der Waals surface area contributed by atoms with Crippen molar-refractivity contribution in [2.45, 2.75) is 63.5 Å². The summed E-state index contributed by atoms with van der Waals surface area (Å²) in [7, 11) is 0. The highest BCUT2D eigenvalue weighted by Gasteiger charge is 2.52. The van der Waals surface area contributed by atoms with Gasteiger partial charge < -0.3 is 5.32 Å². The summed E-state index contributed by atoms with van der Waals surface area (Å²) < 4.78 is 2.30. The molecule has 0 amide bonds. The lowest BCUT2D eigenvalue weighted by Gasteiger charge is -2.56. The molecule has 3 heteroatoms. The Labute approximate surface area is 121 Å². The number of rotatable bonds is 1. The molecule has 4 aliphatic carbocycles. The Kier molecular flexibility index (Phi) is 2.41. The summed E-state index contributed by atoms with van der Waals surface area (Å²) in [4.78, 5) is 0. The van der Waals surface area contributed by atoms with Gasteiger partial charge in [0.05, 0.1) is 11.4 Å². The average Bonchev–Trinajstić information content (AvgIpc) is 2.70. The van der Waals surface area contributed by atoms with Gasteiger partial charge in [-0.15, -0.1) is 0 Å². The molecule has 4 fully saturated rings. The van der Waals surface area contributed by atoms with Crippen molar-refractivity contribution in [1.82, 2.24) is 15.1 Å². The van der Waals surface area contributed by atoms with E-state index in [0.29, 0.717) is 5.41 Å². The molecule has 0 spiro atoms. The molecule has 0 saturated heterocycles. The summed E-state index contributed by atoms with van der Waals surface area (Å²) in [5.74, 6) is 3.04. The van der Waals surface area contributed by atoms with E-state index in [1.54, 1.807) is 0 Å². The summed E-state index contributed by atoms with van der Waals surface area (Å²) in [6, 6.07) is 2.45. The van der Waals surface area contributed by atoms with E-state index in [-0.39, 0.29) is 0 Å². The normalized spacial score (nSPS) is 42.5. The first-order valence-electron chi connectivity index (χ1n) is 8.59. The van der Waals surface area contributed by atoms with Crippen molar-refractivity contribution in [3.63, 3.8) is 0 Å². The summed E-state index contributed by atoms with van der Waals surface area (Å²) in [6.45, 7) is 3.25. The van der Waals surface area contributed by atoms with Crippen molar-refractivity contribution in [3.05, 3.63) is 17.5 Å². The highest BCUT2D eigenvalue weighted by molar-refractivity contribution is 5.25. The van der Waals surface area contributed by atoms with E-state index in [2.05, 4.69) is 16.1 Å². The third kappa shape index (κ3) is 1.65. The van der Waals surface area contributed by atoms with Crippen LogP contribution < -0.4 is 5.32 Å². The fourth-order valence-corrected chi connectivity index (χ4v) is 6.05. The zero-order valence-electron chi connectivity index (χ0n) is 12.3. The van der Waals surface area contributed by atoms with Crippen molar-refractivity contribution in [1.29, 1.82) is 0 Å². The van der Waals surface area contributed by atoms with Crippen LogP contribution in [0.15, 0.2) is 6.07 Å². The number of nitrogens with zero attached hydrogens (tertiary/aromatic N) is 2. The van der Waals surface area contributed by atoms with Crippen molar-refractivity contribution < 1.29 is 0 Å². The van der Waals surface area contributed by atoms with Gasteiger partial charge in [0.2, 0.25) is 0 Å². The molecule has 1 aliphatic heterocycles. The monoisotopic (exact) mass is 271 g/mol. The second-order valence-electron chi connectivity index (χ2n) is 7.97. The third-order valence-corrected chi connectivity index (χ3v) is 6.47. The van der Waals surface area contributed by atoms with E-state index in [1.165, 1.54) is 56.3 Å². The van der Waals surface area contributed by atoms with Crippen LogP contribution in [-0.2, 0) is 18.5 Å². The van der Waals surface area contributed by atoms with E-state index in [1.807, 2.05) is 0 Å². The van der Waals surface area contributed by atoms with Gasteiger partial charge in [-0.05, 0) is 75.3 Å². The predicted molar refractivity (Wildman–Crippen MR) is 78.4 cm³/mol. The lowest BCUT2D eigenvalue weighted by molar-refractivity contribution is -0.00748. The van der Waals surface area contributed by atoms with Crippen LogP contribution in [0.3, 0.4) is 0 Å². The fraction of sp³-hybridized carbons (Fsp3) is 0.824. The smallest absolute Gasteiger partial charge is 0.0690 e. The molecule has 0 unspecified atom stereocenters. The van der Waals surface area contributed by atoms with Crippen molar-refractivity contribution in [3.8, 4) is 0 Å². The van der Waals surface area contributed by atoms with Gasteiger partial charge in [0, 0.05) is 18.5 Å². The van der Waals surface area contributed by atoms with E-state index < -0.39 is 0 Å². The molecule has 20 heavy (non-hydrogen) atoms. The Balaban J connectivity index is 1.53. The topological polar surface area (TPSA) is 29.9 Å². The first-order valence-corrected chi connectivity index (χ1v) is 8.59. The van der Waals surface area contributed by atoms with Crippen LogP contribution in [0.5, 0.6) is 0 Å². The second kappa shape index (κ2) is 4.09. The molecule has 0 atom stereocenters. The maximum Gasteiger partial charge on any atom is 0.0690 e. The molecule has 3 nitrogen and oxygen atoms in total. The summed E-state index contributed by atoms with van der Waals surface area (Å²) in [5, 5.41) is 8.61. The number of aromatic nitrogens is 2. The fourth-order valence-electron chi connectivity index (χ4n) is 6.05. The van der Waals surface area contributed by atoms with Crippen LogP contribution in [0.1, 0.15) is 56.3 Å². The summed E-state index contributed by atoms with van der Waals surface area (Å²) in [5.41, 5.74) is 3.34. The minimum Gasteiger partial charge on any atom is -0.311 e. The van der Waals surface area contributed by atoms with Crippen LogP contribution in [-0.4, -0.2) is 16.3 Å². The highest BCUT2D eigenvalue weighted by atomic mass is 15.3. The van der Waals surface area contributed by atoms with Gasteiger partial charge in [-0.1, -0.05) is 0 Å². The molecule has 0 radical (unpaired) electrons. The number of fused-ring (bicyclic) bond motifs is 1. The Bertz CT molecular complexity index is 472. The predicted octanol–water partition coefficient (Wildman–Crippen LogP) is 2.84. The number of hydrogen-bond donors (Lipinski definition) is 1.